The third-order valence-electron chi connectivity index (χ3n) is 2.84. The molecule has 0 aliphatic heterocycles. The first-order valence-corrected chi connectivity index (χ1v) is 5.76. The van der Waals surface area contributed by atoms with Gasteiger partial charge in [0, 0.05) is 11.1 Å². The van der Waals surface area contributed by atoms with Crippen molar-refractivity contribution in [1.29, 1.82) is 10.5 Å². The molecule has 4 heteroatoms. The van der Waals surface area contributed by atoms with Gasteiger partial charge in [0.1, 0.15) is 12.1 Å². The third kappa shape index (κ3) is 2.31. The van der Waals surface area contributed by atoms with Gasteiger partial charge in [0.2, 0.25) is 0 Å². The Kier molecular flexibility index (Phi) is 3.70. The maximum absolute atomic E-state index is 11.6. The maximum atomic E-state index is 11.6. The van der Waals surface area contributed by atoms with Crippen molar-refractivity contribution in [2.24, 2.45) is 0 Å². The van der Waals surface area contributed by atoms with E-state index in [1.165, 1.54) is 12.1 Å². The molecule has 0 aromatic heterocycles. The van der Waals surface area contributed by atoms with Crippen molar-refractivity contribution in [3.8, 4) is 23.3 Å². The van der Waals surface area contributed by atoms with Crippen molar-refractivity contribution in [2.45, 2.75) is 0 Å². The molecule has 0 bridgehead atoms. The number of ketones is 2. The standard InChI is InChI=1S/C16H8N2O2/c17-9-15(19)13-7-3-1-5-11(13)12-6-2-4-8-14(12)16(20)10-18/h1-8H. The Morgan fingerprint density at radius 2 is 1.05 bits per heavy atom. The van der Waals surface area contributed by atoms with Crippen LogP contribution in [0.15, 0.2) is 48.5 Å². The lowest BCUT2D eigenvalue weighted by Crippen LogP contribution is -2.02. The van der Waals surface area contributed by atoms with E-state index < -0.39 is 11.6 Å². The van der Waals surface area contributed by atoms with E-state index in [1.807, 2.05) is 0 Å². The summed E-state index contributed by atoms with van der Waals surface area (Å²) in [5.41, 5.74) is 1.37. The van der Waals surface area contributed by atoms with Crippen LogP contribution in [-0.2, 0) is 0 Å². The molecule has 2 aromatic carbocycles. The summed E-state index contributed by atoms with van der Waals surface area (Å²) in [4.78, 5) is 23.3. The number of benzene rings is 2. The van der Waals surface area contributed by atoms with Crippen LogP contribution in [-0.4, -0.2) is 11.6 Å². The van der Waals surface area contributed by atoms with E-state index in [1.54, 1.807) is 48.5 Å². The Labute approximate surface area is 115 Å². The van der Waals surface area contributed by atoms with Crippen molar-refractivity contribution in [2.75, 3.05) is 0 Å². The lowest BCUT2D eigenvalue weighted by molar-refractivity contribution is 0.104. The normalized spacial score (nSPS) is 9.30. The molecule has 0 unspecified atom stereocenters. The van der Waals surface area contributed by atoms with Crippen LogP contribution in [0.25, 0.3) is 11.1 Å². The first-order valence-electron chi connectivity index (χ1n) is 5.76. The molecule has 0 N–H and O–H groups in total. The highest BCUT2D eigenvalue weighted by Gasteiger charge is 2.17. The summed E-state index contributed by atoms with van der Waals surface area (Å²) in [7, 11) is 0. The number of carbonyl (C=O) groups excluding carboxylic acids is 2. The Hall–Kier alpha value is -3.24. The molecule has 0 heterocycles. The second-order valence-corrected chi connectivity index (χ2v) is 3.97. The van der Waals surface area contributed by atoms with Crippen molar-refractivity contribution >= 4 is 11.6 Å². The lowest BCUT2D eigenvalue weighted by atomic mass is 9.92. The van der Waals surface area contributed by atoms with Gasteiger partial charge in [-0.05, 0) is 23.3 Å². The maximum Gasteiger partial charge on any atom is 0.262 e. The number of nitriles is 2. The van der Waals surface area contributed by atoms with E-state index >= 15 is 0 Å². The highest BCUT2D eigenvalue weighted by molar-refractivity contribution is 6.15. The molecule has 94 valence electrons. The molecule has 0 amide bonds. The van der Waals surface area contributed by atoms with Crippen molar-refractivity contribution < 1.29 is 9.59 Å². The van der Waals surface area contributed by atoms with Crippen LogP contribution in [0.1, 0.15) is 20.7 Å². The van der Waals surface area contributed by atoms with Gasteiger partial charge < -0.3 is 0 Å². The molecule has 2 rings (SSSR count). The van der Waals surface area contributed by atoms with Gasteiger partial charge in [-0.2, -0.15) is 10.5 Å². The van der Waals surface area contributed by atoms with Gasteiger partial charge in [-0.15, -0.1) is 0 Å². The van der Waals surface area contributed by atoms with Crippen LogP contribution >= 0.6 is 0 Å². The Morgan fingerprint density at radius 3 is 1.40 bits per heavy atom. The third-order valence-corrected chi connectivity index (χ3v) is 2.84. The second kappa shape index (κ2) is 5.60. The summed E-state index contributed by atoms with van der Waals surface area (Å²) in [5, 5.41) is 17.5. The summed E-state index contributed by atoms with van der Waals surface area (Å²) in [6, 6.07) is 16.2. The molecule has 0 radical (unpaired) electrons. The highest BCUT2D eigenvalue weighted by atomic mass is 16.1. The number of hydrogen-bond donors (Lipinski definition) is 0. The van der Waals surface area contributed by atoms with E-state index in [4.69, 9.17) is 10.5 Å². The van der Waals surface area contributed by atoms with Crippen molar-refractivity contribution in [3.05, 3.63) is 59.7 Å². The molecule has 0 atom stereocenters. The first-order chi connectivity index (χ1) is 9.69. The smallest absolute Gasteiger partial charge is 0.262 e. The van der Waals surface area contributed by atoms with Gasteiger partial charge in [-0.1, -0.05) is 36.4 Å². The summed E-state index contributed by atoms with van der Waals surface area (Å²) < 4.78 is 0. The Bertz CT molecular complexity index is 712. The van der Waals surface area contributed by atoms with Gasteiger partial charge in [0.05, 0.1) is 0 Å². The lowest BCUT2D eigenvalue weighted by Gasteiger charge is -2.09. The number of carbonyl (C=O) groups is 2. The average molecular weight is 260 g/mol. The van der Waals surface area contributed by atoms with Crippen LogP contribution in [0, 0.1) is 22.7 Å². The zero-order chi connectivity index (χ0) is 14.5. The largest absolute Gasteiger partial charge is 0.277 e. The monoisotopic (exact) mass is 260 g/mol. The van der Waals surface area contributed by atoms with Crippen LogP contribution in [0.2, 0.25) is 0 Å². The molecular weight excluding hydrogens is 252 g/mol. The van der Waals surface area contributed by atoms with E-state index in [-0.39, 0.29) is 11.1 Å². The van der Waals surface area contributed by atoms with Crippen LogP contribution < -0.4 is 0 Å². The summed E-state index contributed by atoms with van der Waals surface area (Å²) in [5.74, 6) is -1.36. The predicted octanol–water partition coefficient (Wildman–Crippen LogP) is 2.77. The first kappa shape index (κ1) is 13.2. The summed E-state index contributed by atoms with van der Waals surface area (Å²) in [6.45, 7) is 0. The minimum atomic E-state index is -0.681. The molecule has 4 nitrogen and oxygen atoms in total. The molecule has 0 fully saturated rings. The average Bonchev–Trinajstić information content (AvgIpc) is 2.53. The number of nitrogens with zero attached hydrogens (tertiary/aromatic N) is 2. The second-order valence-electron chi connectivity index (χ2n) is 3.97. The van der Waals surface area contributed by atoms with E-state index in [2.05, 4.69) is 0 Å². The van der Waals surface area contributed by atoms with Gasteiger partial charge >= 0.3 is 0 Å². The van der Waals surface area contributed by atoms with Gasteiger partial charge in [-0.25, -0.2) is 0 Å². The van der Waals surface area contributed by atoms with E-state index in [0.717, 1.165) is 0 Å². The predicted molar refractivity (Wildman–Crippen MR) is 71.8 cm³/mol. The fourth-order valence-corrected chi connectivity index (χ4v) is 1.95. The summed E-state index contributed by atoms with van der Waals surface area (Å²) >= 11 is 0. The van der Waals surface area contributed by atoms with Gasteiger partial charge in [0.25, 0.3) is 11.6 Å². The molecule has 2 aromatic rings. The van der Waals surface area contributed by atoms with E-state index in [9.17, 15) is 9.59 Å². The number of Topliss-reactive ketones (excluding diaryl/α,β-unsaturated/α-hetero) is 2. The minimum Gasteiger partial charge on any atom is -0.277 e. The number of rotatable bonds is 3. The molecule has 0 aliphatic carbocycles. The Morgan fingerprint density at radius 1 is 0.700 bits per heavy atom. The fraction of sp³-hybridized carbons (Fsp3) is 0. The Balaban J connectivity index is 2.71. The van der Waals surface area contributed by atoms with Crippen molar-refractivity contribution in [3.63, 3.8) is 0 Å². The molecule has 20 heavy (non-hydrogen) atoms. The van der Waals surface area contributed by atoms with Crippen LogP contribution in [0.5, 0.6) is 0 Å². The van der Waals surface area contributed by atoms with Gasteiger partial charge in [-0.3, -0.25) is 9.59 Å². The minimum absolute atomic E-state index is 0.216. The SMILES string of the molecule is N#CC(=O)c1ccccc1-c1ccccc1C(=O)C#N. The fourth-order valence-electron chi connectivity index (χ4n) is 1.95. The molecule has 0 saturated carbocycles. The molecular formula is C16H8N2O2. The van der Waals surface area contributed by atoms with Crippen LogP contribution in [0.4, 0.5) is 0 Å². The topological polar surface area (TPSA) is 81.7 Å². The zero-order valence-electron chi connectivity index (χ0n) is 10.3. The molecule has 0 spiro atoms. The van der Waals surface area contributed by atoms with Crippen LogP contribution in [0.3, 0.4) is 0 Å². The number of hydrogen-bond acceptors (Lipinski definition) is 4. The highest BCUT2D eigenvalue weighted by Crippen LogP contribution is 2.27. The van der Waals surface area contributed by atoms with Crippen molar-refractivity contribution in [1.82, 2.24) is 0 Å². The quantitative estimate of drug-likeness (QED) is 0.627. The molecule has 0 saturated heterocycles. The van der Waals surface area contributed by atoms with E-state index in [0.29, 0.717) is 11.1 Å². The van der Waals surface area contributed by atoms with Gasteiger partial charge in [0.15, 0.2) is 0 Å². The zero-order valence-corrected chi connectivity index (χ0v) is 10.3. The summed E-state index contributed by atoms with van der Waals surface area (Å²) in [6.07, 6.45) is 0. The molecule has 0 aliphatic rings.